The van der Waals surface area contributed by atoms with Gasteiger partial charge in [-0.3, -0.25) is 0 Å². The zero-order valence-corrected chi connectivity index (χ0v) is 15.9. The molecule has 0 aliphatic rings. The van der Waals surface area contributed by atoms with E-state index in [0.717, 1.165) is 27.5 Å². The van der Waals surface area contributed by atoms with Crippen LogP contribution in [0, 0.1) is 0 Å². The third-order valence-electron chi connectivity index (χ3n) is 4.69. The van der Waals surface area contributed by atoms with Gasteiger partial charge in [0, 0.05) is 5.75 Å². The van der Waals surface area contributed by atoms with Gasteiger partial charge in [0.25, 0.3) is 0 Å². The minimum absolute atomic E-state index is 0.641. The van der Waals surface area contributed by atoms with Crippen LogP contribution in [0.1, 0.15) is 11.1 Å². The normalized spacial score (nSPS) is 11.3. The molecular formula is C22H17N5S. The Morgan fingerprint density at radius 2 is 1.64 bits per heavy atom. The molecule has 2 heterocycles. The number of hydrogen-bond donors (Lipinski definition) is 0. The lowest BCUT2D eigenvalue weighted by molar-refractivity contribution is 0.664. The van der Waals surface area contributed by atoms with Gasteiger partial charge in [-0.2, -0.15) is 0 Å². The van der Waals surface area contributed by atoms with E-state index in [0.29, 0.717) is 6.54 Å². The first-order valence-electron chi connectivity index (χ1n) is 9.06. The Balaban J connectivity index is 1.43. The summed E-state index contributed by atoms with van der Waals surface area (Å²) in [5.74, 6) is 0.818. The van der Waals surface area contributed by atoms with Crippen molar-refractivity contribution in [3.05, 3.63) is 90.3 Å². The summed E-state index contributed by atoms with van der Waals surface area (Å²) in [5.41, 5.74) is 3.97. The van der Waals surface area contributed by atoms with Gasteiger partial charge in [-0.05, 0) is 21.9 Å². The third-order valence-corrected chi connectivity index (χ3v) is 5.71. The van der Waals surface area contributed by atoms with Crippen LogP contribution in [-0.4, -0.2) is 25.0 Å². The lowest BCUT2D eigenvalue weighted by Crippen LogP contribution is -2.02. The zero-order chi connectivity index (χ0) is 18.8. The summed E-state index contributed by atoms with van der Waals surface area (Å²) in [5, 5.41) is 12.0. The quantitative estimate of drug-likeness (QED) is 0.325. The van der Waals surface area contributed by atoms with Gasteiger partial charge in [-0.15, -0.1) is 5.10 Å². The Morgan fingerprint density at radius 3 is 2.57 bits per heavy atom. The molecule has 0 fully saturated rings. The number of rotatable bonds is 5. The topological polar surface area (TPSA) is 56.5 Å². The average Bonchev–Trinajstić information content (AvgIpc) is 3.16. The second-order valence-corrected chi connectivity index (χ2v) is 7.47. The number of thioether (sulfide) groups is 1. The van der Waals surface area contributed by atoms with Crippen LogP contribution in [0.2, 0.25) is 0 Å². The van der Waals surface area contributed by atoms with Gasteiger partial charge < -0.3 is 0 Å². The van der Waals surface area contributed by atoms with Gasteiger partial charge in [0.15, 0.2) is 11.2 Å². The van der Waals surface area contributed by atoms with Crippen LogP contribution in [0.4, 0.5) is 0 Å². The molecule has 0 atom stereocenters. The molecule has 0 spiro atoms. The lowest BCUT2D eigenvalue weighted by atomic mass is 10.1. The van der Waals surface area contributed by atoms with Crippen molar-refractivity contribution in [2.75, 3.05) is 0 Å². The van der Waals surface area contributed by atoms with Crippen LogP contribution in [-0.2, 0) is 12.3 Å². The lowest BCUT2D eigenvalue weighted by Gasteiger charge is -2.06. The molecule has 28 heavy (non-hydrogen) atoms. The summed E-state index contributed by atoms with van der Waals surface area (Å²) in [4.78, 5) is 8.87. The summed E-state index contributed by atoms with van der Waals surface area (Å²) >= 11 is 1.67. The van der Waals surface area contributed by atoms with Crippen LogP contribution >= 0.6 is 11.8 Å². The van der Waals surface area contributed by atoms with Crippen molar-refractivity contribution >= 4 is 33.7 Å². The van der Waals surface area contributed by atoms with Crippen molar-refractivity contribution in [2.45, 2.75) is 17.3 Å². The van der Waals surface area contributed by atoms with Gasteiger partial charge >= 0.3 is 0 Å². The number of hydrogen-bond acceptors (Lipinski definition) is 5. The van der Waals surface area contributed by atoms with Gasteiger partial charge in [0.05, 0.1) is 6.54 Å². The smallest absolute Gasteiger partial charge is 0.183 e. The average molecular weight is 383 g/mol. The van der Waals surface area contributed by atoms with Gasteiger partial charge in [0.2, 0.25) is 0 Å². The van der Waals surface area contributed by atoms with E-state index in [1.54, 1.807) is 18.1 Å². The Labute approximate surface area is 166 Å². The fourth-order valence-corrected chi connectivity index (χ4v) is 4.24. The van der Waals surface area contributed by atoms with Crippen LogP contribution in [0.5, 0.6) is 0 Å². The maximum absolute atomic E-state index is 4.46. The largest absolute Gasteiger partial charge is 0.227 e. The van der Waals surface area contributed by atoms with Gasteiger partial charge in [-0.25, -0.2) is 14.6 Å². The molecule has 0 bridgehead atoms. The molecule has 136 valence electrons. The predicted octanol–water partition coefficient (Wildman–Crippen LogP) is 4.72. The SMILES string of the molecule is c1ccc(Cn2nnc3c(SCc4cccc5ccccc45)ncnc32)cc1. The molecule has 5 rings (SSSR count). The van der Waals surface area contributed by atoms with Crippen LogP contribution in [0.15, 0.2) is 84.1 Å². The Hall–Kier alpha value is -3.25. The zero-order valence-electron chi connectivity index (χ0n) is 15.1. The van der Waals surface area contributed by atoms with Crippen molar-refractivity contribution in [2.24, 2.45) is 0 Å². The first-order chi connectivity index (χ1) is 13.9. The van der Waals surface area contributed by atoms with Crippen LogP contribution in [0.3, 0.4) is 0 Å². The monoisotopic (exact) mass is 383 g/mol. The second kappa shape index (κ2) is 7.40. The van der Waals surface area contributed by atoms with E-state index >= 15 is 0 Å². The van der Waals surface area contributed by atoms with E-state index < -0.39 is 0 Å². The minimum atomic E-state index is 0.641. The van der Waals surface area contributed by atoms with Crippen LogP contribution < -0.4 is 0 Å². The van der Waals surface area contributed by atoms with E-state index in [1.807, 2.05) is 22.9 Å². The molecule has 0 radical (unpaired) electrons. The van der Waals surface area contributed by atoms with Crippen molar-refractivity contribution in [3.63, 3.8) is 0 Å². The first-order valence-corrected chi connectivity index (χ1v) is 10.0. The third kappa shape index (κ3) is 3.23. The number of benzene rings is 3. The fourth-order valence-electron chi connectivity index (χ4n) is 3.30. The number of fused-ring (bicyclic) bond motifs is 2. The van der Waals surface area contributed by atoms with Crippen molar-refractivity contribution in [1.82, 2.24) is 25.0 Å². The fraction of sp³-hybridized carbons (Fsp3) is 0.0909. The molecule has 6 heteroatoms. The van der Waals surface area contributed by atoms with Crippen molar-refractivity contribution < 1.29 is 0 Å². The molecular weight excluding hydrogens is 366 g/mol. The molecule has 0 saturated heterocycles. The van der Waals surface area contributed by atoms with E-state index in [4.69, 9.17) is 0 Å². The summed E-state index contributed by atoms with van der Waals surface area (Å²) in [7, 11) is 0. The molecule has 0 aliphatic heterocycles. The highest BCUT2D eigenvalue weighted by molar-refractivity contribution is 7.98. The molecule has 0 N–H and O–H groups in total. The van der Waals surface area contributed by atoms with Crippen molar-refractivity contribution in [1.29, 1.82) is 0 Å². The molecule has 0 aliphatic carbocycles. The second-order valence-electron chi connectivity index (χ2n) is 6.51. The molecule has 5 nitrogen and oxygen atoms in total. The molecule has 0 unspecified atom stereocenters. The minimum Gasteiger partial charge on any atom is -0.227 e. The number of nitrogens with zero attached hydrogens (tertiary/aromatic N) is 5. The molecule has 0 amide bonds. The summed E-state index contributed by atoms with van der Waals surface area (Å²) in [6, 6.07) is 25.1. The maximum atomic E-state index is 4.46. The highest BCUT2D eigenvalue weighted by atomic mass is 32.2. The first kappa shape index (κ1) is 16.9. The molecule has 2 aromatic heterocycles. The van der Waals surface area contributed by atoms with E-state index in [2.05, 4.69) is 74.9 Å². The molecule has 5 aromatic rings. The van der Waals surface area contributed by atoms with Crippen LogP contribution in [0.25, 0.3) is 21.9 Å². The van der Waals surface area contributed by atoms with E-state index in [1.165, 1.54) is 16.3 Å². The Morgan fingerprint density at radius 1 is 0.821 bits per heavy atom. The Kier molecular flexibility index (Phi) is 4.47. The van der Waals surface area contributed by atoms with E-state index in [-0.39, 0.29) is 0 Å². The van der Waals surface area contributed by atoms with Crippen molar-refractivity contribution in [3.8, 4) is 0 Å². The summed E-state index contributed by atoms with van der Waals surface area (Å²) in [6.45, 7) is 0.641. The molecule has 3 aromatic carbocycles. The van der Waals surface area contributed by atoms with E-state index in [9.17, 15) is 0 Å². The standard InChI is InChI=1S/C22H17N5S/c1-2-7-16(8-3-1)13-27-21-20(25-26-27)22(24-15-23-21)28-14-18-11-6-10-17-9-4-5-12-19(17)18/h1-12,15H,13-14H2. The van der Waals surface area contributed by atoms with Gasteiger partial charge in [-0.1, -0.05) is 89.8 Å². The predicted molar refractivity (Wildman–Crippen MR) is 112 cm³/mol. The maximum Gasteiger partial charge on any atom is 0.183 e. The van der Waals surface area contributed by atoms with Gasteiger partial charge in [0.1, 0.15) is 11.4 Å². The molecule has 0 saturated carbocycles. The summed E-state index contributed by atoms with van der Waals surface area (Å²) in [6.07, 6.45) is 1.60. The summed E-state index contributed by atoms with van der Waals surface area (Å²) < 4.78 is 1.83. The highest BCUT2D eigenvalue weighted by Gasteiger charge is 2.13. The highest BCUT2D eigenvalue weighted by Crippen LogP contribution is 2.29. The Bertz CT molecular complexity index is 1240. The number of aromatic nitrogens is 5.